The lowest BCUT2D eigenvalue weighted by Crippen LogP contribution is -2.24. The van der Waals surface area contributed by atoms with Gasteiger partial charge in [0.1, 0.15) is 4.83 Å². The number of amides is 1. The van der Waals surface area contributed by atoms with Gasteiger partial charge in [0, 0.05) is 19.0 Å². The maximum atomic E-state index is 12.3. The van der Waals surface area contributed by atoms with E-state index < -0.39 is 0 Å². The summed E-state index contributed by atoms with van der Waals surface area (Å²) in [6.45, 7) is 2.80. The Morgan fingerprint density at radius 2 is 2.17 bits per heavy atom. The van der Waals surface area contributed by atoms with Crippen molar-refractivity contribution in [1.29, 1.82) is 0 Å². The van der Waals surface area contributed by atoms with Crippen molar-refractivity contribution in [3.05, 3.63) is 40.4 Å². The van der Waals surface area contributed by atoms with Gasteiger partial charge in [-0.15, -0.1) is 11.3 Å². The van der Waals surface area contributed by atoms with Crippen LogP contribution < -0.4 is 14.8 Å². The molecular weight excluding hydrogens is 326 g/mol. The highest BCUT2D eigenvalue weighted by molar-refractivity contribution is 7.20. The van der Waals surface area contributed by atoms with E-state index in [-0.39, 0.29) is 12.7 Å². The van der Waals surface area contributed by atoms with Crippen LogP contribution in [-0.2, 0) is 13.5 Å². The second kappa shape index (κ2) is 5.83. The number of hydrogen-bond donors (Lipinski definition) is 1. The van der Waals surface area contributed by atoms with Crippen LogP contribution in [0.5, 0.6) is 11.5 Å². The first-order valence-corrected chi connectivity index (χ1v) is 8.53. The Balaban J connectivity index is 1.40. The van der Waals surface area contributed by atoms with Crippen LogP contribution in [0.3, 0.4) is 0 Å². The quantitative estimate of drug-likeness (QED) is 0.791. The van der Waals surface area contributed by atoms with Crippen molar-refractivity contribution in [3.8, 4) is 11.5 Å². The Bertz CT molecular complexity index is 894. The standard InChI is InChI=1S/C17H17N3O3S/c1-10-12-8-15(24-17(12)20(2)19-10)16(21)18-6-5-11-3-4-13-14(7-11)23-9-22-13/h3-4,7-8H,5-6,9H2,1-2H3,(H,18,21). The van der Waals surface area contributed by atoms with Gasteiger partial charge in [-0.05, 0) is 37.1 Å². The first-order valence-electron chi connectivity index (χ1n) is 7.71. The van der Waals surface area contributed by atoms with E-state index in [9.17, 15) is 4.79 Å². The molecule has 1 amide bonds. The highest BCUT2D eigenvalue weighted by Gasteiger charge is 2.15. The summed E-state index contributed by atoms with van der Waals surface area (Å²) in [5, 5.41) is 8.37. The van der Waals surface area contributed by atoms with Crippen molar-refractivity contribution in [2.45, 2.75) is 13.3 Å². The van der Waals surface area contributed by atoms with Gasteiger partial charge in [-0.1, -0.05) is 6.07 Å². The van der Waals surface area contributed by atoms with Crippen LogP contribution in [0.2, 0.25) is 0 Å². The lowest BCUT2D eigenvalue weighted by Gasteiger charge is -2.05. The summed E-state index contributed by atoms with van der Waals surface area (Å²) in [5.74, 6) is 1.50. The van der Waals surface area contributed by atoms with E-state index in [0.717, 1.165) is 39.4 Å². The van der Waals surface area contributed by atoms with Crippen LogP contribution in [-0.4, -0.2) is 29.0 Å². The molecule has 6 nitrogen and oxygen atoms in total. The Kier molecular flexibility index (Phi) is 3.65. The monoisotopic (exact) mass is 343 g/mol. The van der Waals surface area contributed by atoms with E-state index >= 15 is 0 Å². The van der Waals surface area contributed by atoms with Crippen LogP contribution >= 0.6 is 11.3 Å². The molecule has 0 aliphatic carbocycles. The molecule has 0 saturated carbocycles. The lowest BCUT2D eigenvalue weighted by atomic mass is 10.1. The van der Waals surface area contributed by atoms with Crippen LogP contribution in [0.4, 0.5) is 0 Å². The number of nitrogens with zero attached hydrogens (tertiary/aromatic N) is 2. The summed E-state index contributed by atoms with van der Waals surface area (Å²) >= 11 is 1.47. The molecule has 1 aliphatic rings. The first-order chi connectivity index (χ1) is 11.6. The fraction of sp³-hybridized carbons (Fsp3) is 0.294. The van der Waals surface area contributed by atoms with Crippen molar-refractivity contribution in [3.63, 3.8) is 0 Å². The van der Waals surface area contributed by atoms with E-state index in [2.05, 4.69) is 10.4 Å². The van der Waals surface area contributed by atoms with Gasteiger partial charge in [0.2, 0.25) is 6.79 Å². The Hall–Kier alpha value is -2.54. The van der Waals surface area contributed by atoms with Gasteiger partial charge in [-0.3, -0.25) is 9.48 Å². The van der Waals surface area contributed by atoms with Gasteiger partial charge in [0.05, 0.1) is 10.6 Å². The van der Waals surface area contributed by atoms with Gasteiger partial charge >= 0.3 is 0 Å². The number of hydrogen-bond acceptors (Lipinski definition) is 5. The Morgan fingerprint density at radius 1 is 1.33 bits per heavy atom. The molecule has 124 valence electrons. The Labute approximate surface area is 143 Å². The van der Waals surface area contributed by atoms with Crippen LogP contribution in [0.1, 0.15) is 20.9 Å². The minimum atomic E-state index is -0.0451. The summed E-state index contributed by atoms with van der Waals surface area (Å²) < 4.78 is 12.5. The molecule has 0 atom stereocenters. The van der Waals surface area contributed by atoms with Crippen molar-refractivity contribution in [2.24, 2.45) is 7.05 Å². The zero-order valence-electron chi connectivity index (χ0n) is 13.5. The third-order valence-corrected chi connectivity index (χ3v) is 5.26. The third kappa shape index (κ3) is 2.60. The maximum absolute atomic E-state index is 12.3. The van der Waals surface area contributed by atoms with Crippen molar-refractivity contribution < 1.29 is 14.3 Å². The van der Waals surface area contributed by atoms with E-state index in [1.165, 1.54) is 11.3 Å². The van der Waals surface area contributed by atoms with Gasteiger partial charge in [-0.25, -0.2) is 0 Å². The predicted octanol–water partition coefficient (Wildman–Crippen LogP) is 2.64. The average Bonchev–Trinajstić information content (AvgIpc) is 3.25. The molecule has 4 rings (SSSR count). The second-order valence-electron chi connectivity index (χ2n) is 5.73. The summed E-state index contributed by atoms with van der Waals surface area (Å²) in [7, 11) is 1.90. The SMILES string of the molecule is Cc1nn(C)c2sc(C(=O)NCCc3ccc4c(c3)OCO4)cc12. The second-order valence-corrected chi connectivity index (χ2v) is 6.76. The topological polar surface area (TPSA) is 65.4 Å². The molecular formula is C17H17N3O3S. The predicted molar refractivity (Wildman–Crippen MR) is 91.9 cm³/mol. The molecule has 0 bridgehead atoms. The molecule has 0 radical (unpaired) electrons. The third-order valence-electron chi connectivity index (χ3n) is 4.06. The number of thiophene rings is 1. The molecule has 0 spiro atoms. The highest BCUT2D eigenvalue weighted by atomic mass is 32.1. The van der Waals surface area contributed by atoms with Crippen LogP contribution in [0.15, 0.2) is 24.3 Å². The minimum absolute atomic E-state index is 0.0451. The number of ether oxygens (including phenoxy) is 2. The van der Waals surface area contributed by atoms with E-state index in [4.69, 9.17) is 9.47 Å². The van der Waals surface area contributed by atoms with E-state index in [1.807, 2.05) is 42.9 Å². The molecule has 0 fully saturated rings. The van der Waals surface area contributed by atoms with Crippen LogP contribution in [0.25, 0.3) is 10.2 Å². The van der Waals surface area contributed by atoms with Crippen molar-refractivity contribution in [1.82, 2.24) is 15.1 Å². The molecule has 0 saturated heterocycles. The fourth-order valence-electron chi connectivity index (χ4n) is 2.82. The van der Waals surface area contributed by atoms with Gasteiger partial charge < -0.3 is 14.8 Å². The molecule has 1 aliphatic heterocycles. The van der Waals surface area contributed by atoms with E-state index in [1.54, 1.807) is 0 Å². The largest absolute Gasteiger partial charge is 0.454 e. The molecule has 3 heterocycles. The average molecular weight is 343 g/mol. The molecule has 2 aromatic heterocycles. The van der Waals surface area contributed by atoms with Crippen LogP contribution in [0, 0.1) is 6.92 Å². The van der Waals surface area contributed by atoms with E-state index in [0.29, 0.717) is 11.4 Å². The smallest absolute Gasteiger partial charge is 0.261 e. The number of carbonyl (C=O) groups is 1. The molecule has 3 aromatic rings. The lowest BCUT2D eigenvalue weighted by molar-refractivity contribution is 0.0958. The normalized spacial score (nSPS) is 12.8. The number of carbonyl (C=O) groups excluding carboxylic acids is 1. The molecule has 1 aromatic carbocycles. The molecule has 0 unspecified atom stereocenters. The molecule has 24 heavy (non-hydrogen) atoms. The summed E-state index contributed by atoms with van der Waals surface area (Å²) in [4.78, 5) is 14.1. The van der Waals surface area contributed by atoms with Gasteiger partial charge in [0.15, 0.2) is 11.5 Å². The zero-order chi connectivity index (χ0) is 16.7. The maximum Gasteiger partial charge on any atom is 0.261 e. The first kappa shape index (κ1) is 15.0. The minimum Gasteiger partial charge on any atom is -0.454 e. The zero-order valence-corrected chi connectivity index (χ0v) is 14.3. The number of aromatic nitrogens is 2. The van der Waals surface area contributed by atoms with Gasteiger partial charge in [0.25, 0.3) is 5.91 Å². The summed E-state index contributed by atoms with van der Waals surface area (Å²) in [6.07, 6.45) is 0.744. The molecule has 7 heteroatoms. The summed E-state index contributed by atoms with van der Waals surface area (Å²) in [5.41, 5.74) is 2.05. The number of aryl methyl sites for hydroxylation is 2. The number of nitrogens with one attached hydrogen (secondary N) is 1. The highest BCUT2D eigenvalue weighted by Crippen LogP contribution is 2.32. The fourth-order valence-corrected chi connectivity index (χ4v) is 3.86. The number of fused-ring (bicyclic) bond motifs is 2. The summed E-state index contributed by atoms with van der Waals surface area (Å²) in [6, 6.07) is 7.77. The van der Waals surface area contributed by atoms with Crippen molar-refractivity contribution in [2.75, 3.05) is 13.3 Å². The molecule has 1 N–H and O–H groups in total. The number of rotatable bonds is 4. The van der Waals surface area contributed by atoms with Crippen molar-refractivity contribution >= 4 is 27.5 Å². The van der Waals surface area contributed by atoms with Gasteiger partial charge in [-0.2, -0.15) is 5.10 Å². The Morgan fingerprint density at radius 3 is 3.00 bits per heavy atom. The number of benzene rings is 1.